The number of benzene rings is 2. The molecule has 0 aromatic heterocycles. The Morgan fingerprint density at radius 2 is 1.79 bits per heavy atom. The summed E-state index contributed by atoms with van der Waals surface area (Å²) in [6.07, 6.45) is 0.00553. The van der Waals surface area contributed by atoms with Gasteiger partial charge in [0.05, 0.1) is 11.8 Å². The van der Waals surface area contributed by atoms with Gasteiger partial charge in [-0.05, 0) is 57.0 Å². The van der Waals surface area contributed by atoms with Crippen LogP contribution in [0.25, 0.3) is 0 Å². The van der Waals surface area contributed by atoms with Crippen LogP contribution in [0.4, 0.5) is 11.4 Å². The van der Waals surface area contributed by atoms with E-state index in [2.05, 4.69) is 5.32 Å². The van der Waals surface area contributed by atoms with Crippen molar-refractivity contribution in [2.75, 3.05) is 30.3 Å². The summed E-state index contributed by atoms with van der Waals surface area (Å²) in [5.41, 5.74) is 2.69. The Hall–Kier alpha value is -2.58. The first kappa shape index (κ1) is 22.7. The Morgan fingerprint density at radius 1 is 1.10 bits per heavy atom. The molecule has 0 bridgehead atoms. The van der Waals surface area contributed by atoms with E-state index in [1.165, 1.54) is 14.1 Å². The van der Waals surface area contributed by atoms with E-state index in [1.54, 1.807) is 30.3 Å². The van der Waals surface area contributed by atoms with Gasteiger partial charge >= 0.3 is 10.2 Å². The largest absolute Gasteiger partial charge is 0.491 e. The molecular formula is C21H29N3O4S. The van der Waals surface area contributed by atoms with Crippen molar-refractivity contribution in [3.05, 3.63) is 53.6 Å². The molecule has 2 rings (SSSR count). The smallest absolute Gasteiger partial charge is 0.304 e. The minimum Gasteiger partial charge on any atom is -0.491 e. The molecule has 8 heteroatoms. The number of hydrogen-bond acceptors (Lipinski definition) is 4. The number of aryl methyl sites for hydroxylation is 2. The Balaban J connectivity index is 2.30. The molecular weight excluding hydrogens is 390 g/mol. The van der Waals surface area contributed by atoms with E-state index in [-0.39, 0.29) is 12.6 Å². The fourth-order valence-electron chi connectivity index (χ4n) is 2.73. The summed E-state index contributed by atoms with van der Waals surface area (Å²) in [7, 11) is -0.976. The number of nitrogens with zero attached hydrogens (tertiary/aromatic N) is 2. The summed E-state index contributed by atoms with van der Waals surface area (Å²) in [5, 5.41) is 2.76. The van der Waals surface area contributed by atoms with Gasteiger partial charge in [0.2, 0.25) is 5.91 Å². The van der Waals surface area contributed by atoms with Gasteiger partial charge in [0.25, 0.3) is 0 Å². The van der Waals surface area contributed by atoms with Gasteiger partial charge in [0, 0.05) is 25.8 Å². The van der Waals surface area contributed by atoms with Crippen LogP contribution in [0.2, 0.25) is 0 Å². The van der Waals surface area contributed by atoms with Gasteiger partial charge in [-0.1, -0.05) is 18.2 Å². The van der Waals surface area contributed by atoms with Gasteiger partial charge in [0.1, 0.15) is 12.3 Å². The summed E-state index contributed by atoms with van der Waals surface area (Å²) in [5.74, 6) is 0.183. The van der Waals surface area contributed by atoms with Gasteiger partial charge < -0.3 is 10.1 Å². The SMILES string of the molecule is Cc1ccc(C)c(N(CC(=O)Nc2cccc(OC(C)C)c2)S(=O)(=O)N(C)C)c1. The minimum absolute atomic E-state index is 0.00553. The van der Waals surface area contributed by atoms with Gasteiger partial charge in [-0.15, -0.1) is 0 Å². The highest BCUT2D eigenvalue weighted by molar-refractivity contribution is 7.90. The van der Waals surface area contributed by atoms with Gasteiger partial charge in [-0.3, -0.25) is 4.79 Å². The molecule has 1 N–H and O–H groups in total. The predicted molar refractivity (Wildman–Crippen MR) is 117 cm³/mol. The number of ether oxygens (including phenoxy) is 1. The lowest BCUT2D eigenvalue weighted by atomic mass is 10.1. The topological polar surface area (TPSA) is 79.0 Å². The van der Waals surface area contributed by atoms with E-state index >= 15 is 0 Å². The molecule has 0 radical (unpaired) electrons. The monoisotopic (exact) mass is 419 g/mol. The standard InChI is InChI=1S/C21H29N3O4S/c1-15(2)28-19-9-7-8-18(13-19)22-21(25)14-24(29(26,27)23(5)6)20-12-16(3)10-11-17(20)4/h7-13,15H,14H2,1-6H3,(H,22,25). The molecule has 7 nitrogen and oxygen atoms in total. The molecule has 0 aliphatic heterocycles. The van der Waals surface area contributed by atoms with Crippen molar-refractivity contribution in [2.45, 2.75) is 33.8 Å². The quantitative estimate of drug-likeness (QED) is 0.712. The van der Waals surface area contributed by atoms with Crippen LogP contribution in [0.15, 0.2) is 42.5 Å². The van der Waals surface area contributed by atoms with Crippen molar-refractivity contribution >= 4 is 27.5 Å². The molecule has 0 heterocycles. The van der Waals surface area contributed by atoms with Crippen LogP contribution in [0.5, 0.6) is 5.75 Å². The maximum atomic E-state index is 12.9. The van der Waals surface area contributed by atoms with Crippen LogP contribution in [0.1, 0.15) is 25.0 Å². The van der Waals surface area contributed by atoms with E-state index in [0.717, 1.165) is 19.7 Å². The van der Waals surface area contributed by atoms with Crippen molar-refractivity contribution in [1.82, 2.24) is 4.31 Å². The van der Waals surface area contributed by atoms with E-state index < -0.39 is 16.1 Å². The third-order valence-electron chi connectivity index (χ3n) is 4.15. The Morgan fingerprint density at radius 3 is 2.41 bits per heavy atom. The van der Waals surface area contributed by atoms with E-state index in [9.17, 15) is 13.2 Å². The maximum absolute atomic E-state index is 12.9. The van der Waals surface area contributed by atoms with Crippen LogP contribution in [0.3, 0.4) is 0 Å². The zero-order chi connectivity index (χ0) is 21.8. The number of rotatable bonds is 8. The van der Waals surface area contributed by atoms with Crippen molar-refractivity contribution in [3.8, 4) is 5.75 Å². The predicted octanol–water partition coefficient (Wildman–Crippen LogP) is 3.34. The van der Waals surface area contributed by atoms with E-state index in [4.69, 9.17) is 4.74 Å². The highest BCUT2D eigenvalue weighted by atomic mass is 32.2. The summed E-state index contributed by atoms with van der Waals surface area (Å²) >= 11 is 0. The Bertz CT molecular complexity index is 972. The number of carbonyl (C=O) groups is 1. The van der Waals surface area contributed by atoms with E-state index in [0.29, 0.717) is 17.1 Å². The Labute approximate surface area is 173 Å². The van der Waals surface area contributed by atoms with Crippen LogP contribution < -0.4 is 14.4 Å². The zero-order valence-electron chi connectivity index (χ0n) is 17.8. The van der Waals surface area contributed by atoms with E-state index in [1.807, 2.05) is 39.8 Å². The number of carbonyl (C=O) groups excluding carboxylic acids is 1. The molecule has 0 aliphatic carbocycles. The summed E-state index contributed by atoms with van der Waals surface area (Å²) in [4.78, 5) is 12.7. The fraction of sp³-hybridized carbons (Fsp3) is 0.381. The molecule has 158 valence electrons. The van der Waals surface area contributed by atoms with Gasteiger partial charge in [-0.25, -0.2) is 4.31 Å². The van der Waals surface area contributed by atoms with Crippen molar-refractivity contribution in [3.63, 3.8) is 0 Å². The lowest BCUT2D eigenvalue weighted by molar-refractivity contribution is -0.114. The van der Waals surface area contributed by atoms with Crippen molar-refractivity contribution < 1.29 is 17.9 Å². The van der Waals surface area contributed by atoms with Crippen LogP contribution in [-0.4, -0.2) is 45.4 Å². The number of nitrogens with one attached hydrogen (secondary N) is 1. The highest BCUT2D eigenvalue weighted by Gasteiger charge is 2.28. The van der Waals surface area contributed by atoms with Crippen molar-refractivity contribution in [2.24, 2.45) is 0 Å². The minimum atomic E-state index is -3.86. The van der Waals surface area contributed by atoms with Crippen LogP contribution >= 0.6 is 0 Å². The highest BCUT2D eigenvalue weighted by Crippen LogP contribution is 2.25. The second-order valence-corrected chi connectivity index (χ2v) is 9.40. The average molecular weight is 420 g/mol. The molecule has 0 saturated carbocycles. The lowest BCUT2D eigenvalue weighted by Crippen LogP contribution is -2.44. The molecule has 0 unspecified atom stereocenters. The second kappa shape index (κ2) is 9.28. The zero-order valence-corrected chi connectivity index (χ0v) is 18.6. The summed E-state index contributed by atoms with van der Waals surface area (Å²) in [6, 6.07) is 12.5. The molecule has 2 aromatic rings. The lowest BCUT2D eigenvalue weighted by Gasteiger charge is -2.28. The molecule has 0 saturated heterocycles. The first-order chi connectivity index (χ1) is 13.5. The molecule has 0 atom stereocenters. The first-order valence-corrected chi connectivity index (χ1v) is 10.7. The maximum Gasteiger partial charge on any atom is 0.304 e. The molecule has 0 aliphatic rings. The Kier molecular flexibility index (Phi) is 7.26. The van der Waals surface area contributed by atoms with Crippen molar-refractivity contribution in [1.29, 1.82) is 0 Å². The fourth-order valence-corrected chi connectivity index (χ4v) is 3.85. The third-order valence-corrected chi connectivity index (χ3v) is 5.96. The summed E-state index contributed by atoms with van der Waals surface area (Å²) in [6.45, 7) is 7.18. The van der Waals surface area contributed by atoms with Crippen LogP contribution in [-0.2, 0) is 15.0 Å². The molecule has 29 heavy (non-hydrogen) atoms. The van der Waals surface area contributed by atoms with Gasteiger partial charge in [0.15, 0.2) is 0 Å². The third kappa shape index (κ3) is 5.95. The normalized spacial score (nSPS) is 11.6. The molecule has 0 fully saturated rings. The second-order valence-electron chi connectivity index (χ2n) is 7.33. The molecule has 0 spiro atoms. The average Bonchev–Trinajstić information content (AvgIpc) is 2.61. The number of amides is 1. The molecule has 2 aromatic carbocycles. The molecule has 1 amide bonds. The number of anilines is 2. The summed E-state index contributed by atoms with van der Waals surface area (Å²) < 4.78 is 33.7. The van der Waals surface area contributed by atoms with Crippen LogP contribution in [0, 0.1) is 13.8 Å². The van der Waals surface area contributed by atoms with Gasteiger partial charge in [-0.2, -0.15) is 12.7 Å². The first-order valence-electron chi connectivity index (χ1n) is 9.34. The number of hydrogen-bond donors (Lipinski definition) is 1.